The maximum absolute atomic E-state index is 11.5. The molecular formula is C13H22N2O3. The van der Waals surface area contributed by atoms with E-state index in [1.54, 1.807) is 0 Å². The third-order valence-corrected chi connectivity index (χ3v) is 2.74. The zero-order valence-electron chi connectivity index (χ0n) is 11.6. The molecule has 1 rings (SSSR count). The molecule has 5 heteroatoms. The Morgan fingerprint density at radius 2 is 2.11 bits per heavy atom. The van der Waals surface area contributed by atoms with Crippen LogP contribution in [0.5, 0.6) is 0 Å². The van der Waals surface area contributed by atoms with Crippen LogP contribution in [0.1, 0.15) is 30.8 Å². The van der Waals surface area contributed by atoms with Gasteiger partial charge in [-0.05, 0) is 19.8 Å². The fourth-order valence-corrected chi connectivity index (χ4v) is 1.87. The molecule has 1 aromatic heterocycles. The molecule has 5 nitrogen and oxygen atoms in total. The lowest BCUT2D eigenvalue weighted by molar-refractivity contribution is -0.143. The first-order chi connectivity index (χ1) is 8.45. The van der Waals surface area contributed by atoms with Gasteiger partial charge in [0.15, 0.2) is 0 Å². The smallest absolute Gasteiger partial charge is 0.310 e. The van der Waals surface area contributed by atoms with Crippen LogP contribution >= 0.6 is 0 Å². The van der Waals surface area contributed by atoms with Crippen molar-refractivity contribution in [3.63, 3.8) is 0 Å². The van der Waals surface area contributed by atoms with E-state index in [-0.39, 0.29) is 25.6 Å². The Labute approximate surface area is 108 Å². The number of hydrogen-bond donors (Lipinski definition) is 1. The van der Waals surface area contributed by atoms with Gasteiger partial charge >= 0.3 is 5.97 Å². The molecule has 0 spiro atoms. The number of carbonyl (C=O) groups is 1. The fraction of sp³-hybridized carbons (Fsp3) is 0.692. The standard InChI is InChI=1S/C13H22N2O3/c1-9(2)8-15-11(4)12(10(3)14-15)7-13(17)18-6-5-16/h9,16H,5-8H2,1-4H3. The van der Waals surface area contributed by atoms with Crippen LogP contribution in [0.25, 0.3) is 0 Å². The normalized spacial score (nSPS) is 11.0. The highest BCUT2D eigenvalue weighted by molar-refractivity contribution is 5.73. The minimum atomic E-state index is -0.320. The number of aromatic nitrogens is 2. The molecule has 0 aliphatic rings. The van der Waals surface area contributed by atoms with E-state index in [1.807, 2.05) is 18.5 Å². The number of nitrogens with zero attached hydrogens (tertiary/aromatic N) is 2. The highest BCUT2D eigenvalue weighted by Crippen LogP contribution is 2.15. The largest absolute Gasteiger partial charge is 0.463 e. The second-order valence-electron chi connectivity index (χ2n) is 4.85. The Morgan fingerprint density at radius 1 is 1.44 bits per heavy atom. The summed E-state index contributed by atoms with van der Waals surface area (Å²) in [7, 11) is 0. The predicted octanol–water partition coefficient (Wildman–Crippen LogP) is 1.23. The van der Waals surface area contributed by atoms with Gasteiger partial charge in [-0.1, -0.05) is 13.8 Å². The number of aryl methyl sites for hydroxylation is 1. The first-order valence-electron chi connectivity index (χ1n) is 6.25. The molecular weight excluding hydrogens is 232 g/mol. The van der Waals surface area contributed by atoms with Crippen LogP contribution in [-0.2, 0) is 22.5 Å². The van der Waals surface area contributed by atoms with Crippen molar-refractivity contribution in [2.45, 2.75) is 40.7 Å². The minimum absolute atomic E-state index is 0.0526. The molecule has 1 heterocycles. The second kappa shape index (κ2) is 6.54. The summed E-state index contributed by atoms with van der Waals surface area (Å²) in [5.74, 6) is 0.191. The van der Waals surface area contributed by atoms with Gasteiger partial charge in [-0.25, -0.2) is 0 Å². The molecule has 0 aliphatic carbocycles. The Kier molecular flexibility index (Phi) is 5.34. The Morgan fingerprint density at radius 3 is 2.67 bits per heavy atom. The molecule has 0 saturated heterocycles. The molecule has 0 unspecified atom stereocenters. The summed E-state index contributed by atoms with van der Waals surface area (Å²) in [6.45, 7) is 8.89. The number of hydrogen-bond acceptors (Lipinski definition) is 4. The summed E-state index contributed by atoms with van der Waals surface area (Å²) >= 11 is 0. The van der Waals surface area contributed by atoms with Gasteiger partial charge < -0.3 is 9.84 Å². The monoisotopic (exact) mass is 254 g/mol. The van der Waals surface area contributed by atoms with Gasteiger partial charge in [0, 0.05) is 17.8 Å². The zero-order valence-corrected chi connectivity index (χ0v) is 11.6. The van der Waals surface area contributed by atoms with Crippen LogP contribution in [0.15, 0.2) is 0 Å². The van der Waals surface area contributed by atoms with Crippen LogP contribution in [0.2, 0.25) is 0 Å². The Balaban J connectivity index is 2.76. The molecule has 0 saturated carbocycles. The fourth-order valence-electron chi connectivity index (χ4n) is 1.87. The number of rotatable bonds is 6. The lowest BCUT2D eigenvalue weighted by Gasteiger charge is -2.08. The maximum atomic E-state index is 11.5. The first kappa shape index (κ1) is 14.7. The molecule has 18 heavy (non-hydrogen) atoms. The maximum Gasteiger partial charge on any atom is 0.310 e. The summed E-state index contributed by atoms with van der Waals surface area (Å²) in [5, 5.41) is 13.0. The summed E-state index contributed by atoms with van der Waals surface area (Å²) < 4.78 is 6.81. The van der Waals surface area contributed by atoms with E-state index >= 15 is 0 Å². The van der Waals surface area contributed by atoms with Crippen molar-refractivity contribution in [1.29, 1.82) is 0 Å². The molecule has 102 valence electrons. The highest BCUT2D eigenvalue weighted by Gasteiger charge is 2.16. The van der Waals surface area contributed by atoms with Gasteiger partial charge in [0.2, 0.25) is 0 Å². The predicted molar refractivity (Wildman–Crippen MR) is 68.3 cm³/mol. The Hall–Kier alpha value is -1.36. The van der Waals surface area contributed by atoms with E-state index in [4.69, 9.17) is 9.84 Å². The number of esters is 1. The summed E-state index contributed by atoms with van der Waals surface area (Å²) in [4.78, 5) is 11.5. The van der Waals surface area contributed by atoms with E-state index in [1.165, 1.54) is 0 Å². The van der Waals surface area contributed by atoms with E-state index in [0.717, 1.165) is 23.5 Å². The van der Waals surface area contributed by atoms with Gasteiger partial charge in [0.05, 0.1) is 18.7 Å². The van der Waals surface area contributed by atoms with Gasteiger partial charge in [0.1, 0.15) is 6.61 Å². The molecule has 0 aromatic carbocycles. The zero-order chi connectivity index (χ0) is 13.7. The van der Waals surface area contributed by atoms with Gasteiger partial charge in [0.25, 0.3) is 0 Å². The molecule has 1 aromatic rings. The summed E-state index contributed by atoms with van der Waals surface area (Å²) in [5.41, 5.74) is 2.81. The summed E-state index contributed by atoms with van der Waals surface area (Å²) in [6.07, 6.45) is 0.218. The van der Waals surface area contributed by atoms with Crippen LogP contribution in [0.3, 0.4) is 0 Å². The highest BCUT2D eigenvalue weighted by atomic mass is 16.5. The SMILES string of the molecule is Cc1nn(CC(C)C)c(C)c1CC(=O)OCCO. The topological polar surface area (TPSA) is 64.4 Å². The van der Waals surface area contributed by atoms with Crippen molar-refractivity contribution >= 4 is 5.97 Å². The van der Waals surface area contributed by atoms with E-state index in [0.29, 0.717) is 5.92 Å². The van der Waals surface area contributed by atoms with Crippen molar-refractivity contribution in [3.8, 4) is 0 Å². The third kappa shape index (κ3) is 3.84. The van der Waals surface area contributed by atoms with Crippen molar-refractivity contribution in [2.24, 2.45) is 5.92 Å². The van der Waals surface area contributed by atoms with Crippen molar-refractivity contribution in [2.75, 3.05) is 13.2 Å². The average molecular weight is 254 g/mol. The van der Waals surface area contributed by atoms with E-state index < -0.39 is 0 Å². The molecule has 0 aliphatic heterocycles. The molecule has 0 fully saturated rings. The lowest BCUT2D eigenvalue weighted by Crippen LogP contribution is -2.12. The molecule has 0 radical (unpaired) electrons. The van der Waals surface area contributed by atoms with Gasteiger partial charge in [-0.15, -0.1) is 0 Å². The number of aliphatic hydroxyl groups excluding tert-OH is 1. The minimum Gasteiger partial charge on any atom is -0.463 e. The lowest BCUT2D eigenvalue weighted by atomic mass is 10.1. The number of aliphatic hydroxyl groups is 1. The van der Waals surface area contributed by atoms with Crippen LogP contribution in [-0.4, -0.2) is 34.1 Å². The molecule has 0 bridgehead atoms. The van der Waals surface area contributed by atoms with E-state index in [2.05, 4.69) is 18.9 Å². The molecule has 0 atom stereocenters. The van der Waals surface area contributed by atoms with Crippen LogP contribution < -0.4 is 0 Å². The number of ether oxygens (including phenoxy) is 1. The van der Waals surface area contributed by atoms with Crippen molar-refractivity contribution in [3.05, 3.63) is 17.0 Å². The molecule has 1 N–H and O–H groups in total. The van der Waals surface area contributed by atoms with Crippen LogP contribution in [0, 0.1) is 19.8 Å². The average Bonchev–Trinajstić information content (AvgIpc) is 2.53. The molecule has 0 amide bonds. The van der Waals surface area contributed by atoms with Crippen LogP contribution in [0.4, 0.5) is 0 Å². The third-order valence-electron chi connectivity index (χ3n) is 2.74. The second-order valence-corrected chi connectivity index (χ2v) is 4.85. The van der Waals surface area contributed by atoms with Gasteiger partial charge in [-0.3, -0.25) is 9.48 Å². The quantitative estimate of drug-likeness (QED) is 0.776. The van der Waals surface area contributed by atoms with E-state index in [9.17, 15) is 4.79 Å². The number of carbonyl (C=O) groups excluding carboxylic acids is 1. The van der Waals surface area contributed by atoms with Crippen molar-refractivity contribution < 1.29 is 14.6 Å². The first-order valence-corrected chi connectivity index (χ1v) is 6.25. The van der Waals surface area contributed by atoms with Gasteiger partial charge in [-0.2, -0.15) is 5.10 Å². The van der Waals surface area contributed by atoms with Crippen molar-refractivity contribution in [1.82, 2.24) is 9.78 Å². The Bertz CT molecular complexity index is 411. The summed E-state index contributed by atoms with van der Waals surface area (Å²) in [6, 6.07) is 0.